The maximum atomic E-state index is 12.9. The number of carbonyl (C=O) groups is 1. The summed E-state index contributed by atoms with van der Waals surface area (Å²) in [5.41, 5.74) is 3.08. The number of benzene rings is 2. The fraction of sp³-hybridized carbons (Fsp3) is 0.519. The second-order valence-corrected chi connectivity index (χ2v) is 11.8. The fourth-order valence-corrected chi connectivity index (χ4v) is 5.42. The third-order valence-electron chi connectivity index (χ3n) is 6.03. The quantitative estimate of drug-likeness (QED) is 0.462. The molecule has 0 saturated carbocycles. The molecule has 0 bridgehead atoms. The topological polar surface area (TPSA) is 75.7 Å². The molecule has 0 unspecified atom stereocenters. The van der Waals surface area contributed by atoms with Crippen LogP contribution in [0.4, 0.5) is 14.9 Å². The fourth-order valence-electron chi connectivity index (χ4n) is 4.37. The van der Waals surface area contributed by atoms with Crippen molar-refractivity contribution in [3.05, 3.63) is 59.2 Å². The van der Waals surface area contributed by atoms with Crippen LogP contribution in [-0.4, -0.2) is 44.3 Å². The summed E-state index contributed by atoms with van der Waals surface area (Å²) in [5.74, 6) is 0. The van der Waals surface area contributed by atoms with Gasteiger partial charge in [0.2, 0.25) is 0 Å². The predicted molar refractivity (Wildman–Crippen MR) is 137 cm³/mol. The number of aryl methyl sites for hydroxylation is 2. The number of ether oxygens (including phenoxy) is 1. The van der Waals surface area contributed by atoms with Crippen molar-refractivity contribution >= 4 is 21.8 Å². The van der Waals surface area contributed by atoms with E-state index in [2.05, 4.69) is 4.72 Å². The zero-order valence-electron chi connectivity index (χ0n) is 21.1. The van der Waals surface area contributed by atoms with Gasteiger partial charge in [0, 0.05) is 18.3 Å². The molecule has 2 aromatic rings. The first-order valence-corrected chi connectivity index (χ1v) is 13.8. The van der Waals surface area contributed by atoms with Crippen LogP contribution in [0.25, 0.3) is 0 Å². The Morgan fingerprint density at radius 1 is 1.14 bits per heavy atom. The predicted octanol–water partition coefficient (Wildman–Crippen LogP) is 5.89. The maximum Gasteiger partial charge on any atom is 0.410 e. The molecule has 1 amide bonds. The summed E-state index contributed by atoms with van der Waals surface area (Å²) >= 11 is 0. The Bertz CT molecular complexity index is 1110. The van der Waals surface area contributed by atoms with E-state index in [1.54, 1.807) is 30.3 Å². The second kappa shape index (κ2) is 11.4. The molecule has 8 heteroatoms. The van der Waals surface area contributed by atoms with Crippen LogP contribution >= 0.6 is 0 Å². The molecule has 1 N–H and O–H groups in total. The van der Waals surface area contributed by atoms with Gasteiger partial charge in [0.05, 0.1) is 11.6 Å². The van der Waals surface area contributed by atoms with Crippen molar-refractivity contribution in [1.82, 2.24) is 4.90 Å². The molecule has 1 aliphatic carbocycles. The summed E-state index contributed by atoms with van der Waals surface area (Å²) < 4.78 is 46.4. The number of fused-ring (bicyclic) bond motifs is 1. The molecule has 0 aromatic heterocycles. The van der Waals surface area contributed by atoms with Crippen molar-refractivity contribution in [2.24, 2.45) is 0 Å². The van der Waals surface area contributed by atoms with Gasteiger partial charge in [0.15, 0.2) is 0 Å². The number of anilines is 1. The molecular formula is C27H37FN2O4S. The zero-order chi connectivity index (χ0) is 25.6. The minimum Gasteiger partial charge on any atom is -0.444 e. The van der Waals surface area contributed by atoms with Crippen LogP contribution < -0.4 is 4.72 Å². The number of sulfonamides is 1. The lowest BCUT2D eigenvalue weighted by atomic mass is 9.87. The molecule has 6 nitrogen and oxygen atoms in total. The van der Waals surface area contributed by atoms with E-state index in [4.69, 9.17) is 4.74 Å². The first kappa shape index (κ1) is 27.0. The molecule has 1 aliphatic rings. The van der Waals surface area contributed by atoms with Crippen LogP contribution in [0.1, 0.15) is 63.6 Å². The van der Waals surface area contributed by atoms with Gasteiger partial charge in [0.1, 0.15) is 5.60 Å². The lowest BCUT2D eigenvalue weighted by molar-refractivity contribution is 0.0146. The van der Waals surface area contributed by atoms with Crippen LogP contribution in [0.15, 0.2) is 47.4 Å². The molecule has 3 rings (SSSR count). The molecule has 2 aromatic carbocycles. The van der Waals surface area contributed by atoms with Crippen LogP contribution in [0.3, 0.4) is 0 Å². The molecule has 0 fully saturated rings. The molecule has 35 heavy (non-hydrogen) atoms. The highest BCUT2D eigenvalue weighted by atomic mass is 32.2. The summed E-state index contributed by atoms with van der Waals surface area (Å²) in [6.07, 6.45) is 3.83. The summed E-state index contributed by atoms with van der Waals surface area (Å²) in [4.78, 5) is 14.8. The average Bonchev–Trinajstić information content (AvgIpc) is 2.79. The monoisotopic (exact) mass is 504 g/mol. The van der Waals surface area contributed by atoms with Crippen molar-refractivity contribution in [2.45, 2.75) is 82.8 Å². The van der Waals surface area contributed by atoms with Gasteiger partial charge in [-0.2, -0.15) is 0 Å². The van der Waals surface area contributed by atoms with Crippen LogP contribution in [0.5, 0.6) is 0 Å². The Kier molecular flexibility index (Phi) is 8.80. The number of amides is 1. The van der Waals surface area contributed by atoms with Gasteiger partial charge in [-0.25, -0.2) is 13.2 Å². The Labute approximate surface area is 208 Å². The summed E-state index contributed by atoms with van der Waals surface area (Å²) in [6, 6.07) is 12.2. The van der Waals surface area contributed by atoms with Gasteiger partial charge in [-0.15, -0.1) is 0 Å². The van der Waals surface area contributed by atoms with Crippen molar-refractivity contribution in [2.75, 3.05) is 17.9 Å². The van der Waals surface area contributed by atoms with Gasteiger partial charge in [-0.3, -0.25) is 9.11 Å². The average molecular weight is 505 g/mol. The van der Waals surface area contributed by atoms with Crippen molar-refractivity contribution in [3.8, 4) is 0 Å². The number of halogens is 1. The number of alkyl halides is 1. The molecule has 0 saturated heterocycles. The number of rotatable bonds is 9. The lowest BCUT2D eigenvalue weighted by Gasteiger charge is -2.36. The number of hydrogen-bond acceptors (Lipinski definition) is 4. The molecule has 1 atom stereocenters. The highest BCUT2D eigenvalue weighted by Crippen LogP contribution is 2.29. The van der Waals surface area contributed by atoms with Gasteiger partial charge in [-0.1, -0.05) is 25.1 Å². The summed E-state index contributed by atoms with van der Waals surface area (Å²) in [7, 11) is -3.73. The third-order valence-corrected chi connectivity index (χ3v) is 7.42. The molecule has 0 radical (unpaired) electrons. The van der Waals surface area contributed by atoms with E-state index < -0.39 is 22.3 Å². The highest BCUT2D eigenvalue weighted by Gasteiger charge is 2.30. The van der Waals surface area contributed by atoms with Crippen molar-refractivity contribution in [3.63, 3.8) is 0 Å². The van der Waals surface area contributed by atoms with Crippen LogP contribution in [0, 0.1) is 0 Å². The van der Waals surface area contributed by atoms with E-state index in [0.717, 1.165) is 36.0 Å². The van der Waals surface area contributed by atoms with E-state index in [0.29, 0.717) is 31.5 Å². The van der Waals surface area contributed by atoms with E-state index >= 15 is 0 Å². The SMILES string of the molecule is CCCN(C(=O)OC(C)(C)C)[C@@H]1CCc2cc(NS(=O)(=O)c3ccc(CCCF)cc3)ccc2C1. The zero-order valence-corrected chi connectivity index (χ0v) is 22.0. The van der Waals surface area contributed by atoms with Crippen molar-refractivity contribution < 1.29 is 22.3 Å². The Morgan fingerprint density at radius 2 is 1.86 bits per heavy atom. The normalized spacial score (nSPS) is 15.9. The number of hydrogen-bond donors (Lipinski definition) is 1. The third kappa shape index (κ3) is 7.43. The van der Waals surface area contributed by atoms with Gasteiger partial charge in [0.25, 0.3) is 10.0 Å². The molecule has 0 aliphatic heterocycles. The first-order chi connectivity index (χ1) is 16.5. The largest absolute Gasteiger partial charge is 0.444 e. The van der Waals surface area contributed by atoms with E-state index in [1.807, 2.05) is 44.7 Å². The van der Waals surface area contributed by atoms with Crippen LogP contribution in [0.2, 0.25) is 0 Å². The van der Waals surface area contributed by atoms with Crippen molar-refractivity contribution in [1.29, 1.82) is 0 Å². The smallest absolute Gasteiger partial charge is 0.410 e. The minimum atomic E-state index is -3.73. The molecule has 0 spiro atoms. The second-order valence-electron chi connectivity index (χ2n) is 10.1. The molecular weight excluding hydrogens is 467 g/mol. The van der Waals surface area contributed by atoms with Gasteiger partial charge in [-0.05, 0) is 100 Å². The number of carbonyl (C=O) groups excluding carboxylic acids is 1. The minimum absolute atomic E-state index is 0.0516. The standard InChI is InChI=1S/C27H37FN2O4S/c1-5-17-30(26(31)34-27(2,3)4)24-13-11-21-18-23(12-10-22(21)19-24)29-35(32,33)25-14-8-20(9-15-25)7-6-16-28/h8-10,12,14-15,18,24,29H,5-7,11,13,16-17,19H2,1-4H3/t24-/m1/s1. The Balaban J connectivity index is 1.70. The number of nitrogens with one attached hydrogen (secondary N) is 1. The first-order valence-electron chi connectivity index (χ1n) is 12.3. The summed E-state index contributed by atoms with van der Waals surface area (Å²) in [5, 5.41) is 0. The van der Waals surface area contributed by atoms with Crippen LogP contribution in [-0.2, 0) is 34.0 Å². The molecule has 192 valence electrons. The Hall–Kier alpha value is -2.61. The summed E-state index contributed by atoms with van der Waals surface area (Å²) in [6.45, 7) is 7.90. The van der Waals surface area contributed by atoms with E-state index in [-0.39, 0.29) is 17.0 Å². The van der Waals surface area contributed by atoms with E-state index in [9.17, 15) is 17.6 Å². The number of nitrogens with zero attached hydrogens (tertiary/aromatic N) is 1. The van der Waals surface area contributed by atoms with Gasteiger partial charge < -0.3 is 9.64 Å². The maximum absolute atomic E-state index is 12.9. The highest BCUT2D eigenvalue weighted by molar-refractivity contribution is 7.92. The van der Waals surface area contributed by atoms with Gasteiger partial charge >= 0.3 is 6.09 Å². The van der Waals surface area contributed by atoms with E-state index in [1.165, 1.54) is 0 Å². The lowest BCUT2D eigenvalue weighted by Crippen LogP contribution is -2.46. The molecule has 0 heterocycles. The Morgan fingerprint density at radius 3 is 2.49 bits per heavy atom.